The van der Waals surface area contributed by atoms with Crippen LogP contribution in [-0.4, -0.2) is 29.2 Å². The number of benzene rings is 1. The van der Waals surface area contributed by atoms with Crippen LogP contribution in [-0.2, 0) is 14.6 Å². The SMILES string of the molecule is Cc1ccc(C)c(S(=O)(=O)C2(C(=O)NC(C)c3nc(C)no3)CCCC2)c1. The van der Waals surface area contributed by atoms with Gasteiger partial charge in [-0.05, 0) is 57.7 Å². The van der Waals surface area contributed by atoms with E-state index in [9.17, 15) is 13.2 Å². The minimum atomic E-state index is -3.85. The molecule has 1 aromatic carbocycles. The molecule has 1 aromatic heterocycles. The molecule has 0 radical (unpaired) electrons. The number of rotatable bonds is 5. The van der Waals surface area contributed by atoms with E-state index < -0.39 is 26.5 Å². The molecule has 1 N–H and O–H groups in total. The quantitative estimate of drug-likeness (QED) is 0.841. The van der Waals surface area contributed by atoms with Crippen LogP contribution >= 0.6 is 0 Å². The van der Waals surface area contributed by atoms with Crippen molar-refractivity contribution in [3.8, 4) is 0 Å². The molecule has 3 rings (SSSR count). The molecular formula is C19H25N3O4S. The Balaban J connectivity index is 1.97. The van der Waals surface area contributed by atoms with Crippen LogP contribution in [0.5, 0.6) is 0 Å². The Labute approximate surface area is 159 Å². The van der Waals surface area contributed by atoms with E-state index in [-0.39, 0.29) is 10.8 Å². The van der Waals surface area contributed by atoms with Crippen LogP contribution in [0.25, 0.3) is 0 Å². The monoisotopic (exact) mass is 391 g/mol. The number of aryl methyl sites for hydroxylation is 3. The second-order valence-corrected chi connectivity index (χ2v) is 9.58. The van der Waals surface area contributed by atoms with Gasteiger partial charge in [-0.15, -0.1) is 0 Å². The van der Waals surface area contributed by atoms with Gasteiger partial charge in [0.25, 0.3) is 0 Å². The average Bonchev–Trinajstić information content (AvgIpc) is 3.27. The van der Waals surface area contributed by atoms with Crippen molar-refractivity contribution in [2.75, 3.05) is 0 Å². The molecule has 0 bridgehead atoms. The molecule has 7 nitrogen and oxygen atoms in total. The summed E-state index contributed by atoms with van der Waals surface area (Å²) in [6.07, 6.45) is 2.02. The molecule has 0 spiro atoms. The van der Waals surface area contributed by atoms with Crippen LogP contribution in [0.1, 0.15) is 61.5 Å². The van der Waals surface area contributed by atoms with Crippen molar-refractivity contribution in [3.63, 3.8) is 0 Å². The lowest BCUT2D eigenvalue weighted by Crippen LogP contribution is -2.51. The molecule has 1 saturated carbocycles. The third-order valence-corrected chi connectivity index (χ3v) is 7.88. The largest absolute Gasteiger partial charge is 0.343 e. The van der Waals surface area contributed by atoms with Gasteiger partial charge in [-0.3, -0.25) is 4.79 Å². The van der Waals surface area contributed by atoms with Crippen molar-refractivity contribution >= 4 is 15.7 Å². The summed E-state index contributed by atoms with van der Waals surface area (Å²) in [4.78, 5) is 17.5. The summed E-state index contributed by atoms with van der Waals surface area (Å²) in [6.45, 7) is 7.00. The minimum absolute atomic E-state index is 0.237. The van der Waals surface area contributed by atoms with Crippen LogP contribution < -0.4 is 5.32 Å². The maximum atomic E-state index is 13.6. The average molecular weight is 391 g/mol. The van der Waals surface area contributed by atoms with E-state index in [0.29, 0.717) is 37.1 Å². The van der Waals surface area contributed by atoms with Gasteiger partial charge in [-0.25, -0.2) is 8.42 Å². The predicted octanol–water partition coefficient (Wildman–Crippen LogP) is 2.96. The maximum absolute atomic E-state index is 13.6. The van der Waals surface area contributed by atoms with Gasteiger partial charge < -0.3 is 9.84 Å². The minimum Gasteiger partial charge on any atom is -0.343 e. The van der Waals surface area contributed by atoms with Gasteiger partial charge in [0.1, 0.15) is 6.04 Å². The summed E-state index contributed by atoms with van der Waals surface area (Å²) in [7, 11) is -3.85. The molecule has 1 atom stereocenters. The van der Waals surface area contributed by atoms with Crippen LogP contribution in [0.4, 0.5) is 0 Å². The van der Waals surface area contributed by atoms with E-state index in [1.54, 1.807) is 32.9 Å². The molecule has 1 unspecified atom stereocenters. The topological polar surface area (TPSA) is 102 Å². The molecule has 1 aliphatic carbocycles. The first-order chi connectivity index (χ1) is 12.7. The fourth-order valence-electron chi connectivity index (χ4n) is 3.65. The third kappa shape index (κ3) is 3.38. The number of sulfone groups is 1. The Morgan fingerprint density at radius 2 is 1.89 bits per heavy atom. The number of amides is 1. The van der Waals surface area contributed by atoms with Crippen molar-refractivity contribution in [1.82, 2.24) is 15.5 Å². The molecule has 27 heavy (non-hydrogen) atoms. The first-order valence-corrected chi connectivity index (χ1v) is 10.6. The summed E-state index contributed by atoms with van der Waals surface area (Å²) in [6, 6.07) is 4.75. The molecule has 1 aliphatic rings. The fourth-order valence-corrected chi connectivity index (χ4v) is 6.03. The Morgan fingerprint density at radius 3 is 2.48 bits per heavy atom. The smallest absolute Gasteiger partial charge is 0.248 e. The van der Waals surface area contributed by atoms with Crippen LogP contribution in [0.3, 0.4) is 0 Å². The summed E-state index contributed by atoms with van der Waals surface area (Å²) in [5.74, 6) is 0.229. The first-order valence-electron chi connectivity index (χ1n) is 9.10. The number of carbonyl (C=O) groups excluding carboxylic acids is 1. The molecule has 146 valence electrons. The Bertz CT molecular complexity index is 959. The number of hydrogen-bond donors (Lipinski definition) is 1. The number of aromatic nitrogens is 2. The Hall–Kier alpha value is -2.22. The first kappa shape index (κ1) is 19.5. The molecule has 1 amide bonds. The van der Waals surface area contributed by atoms with Gasteiger partial charge in [0.05, 0.1) is 4.90 Å². The van der Waals surface area contributed by atoms with Crippen molar-refractivity contribution in [3.05, 3.63) is 41.0 Å². The third-order valence-electron chi connectivity index (χ3n) is 5.23. The number of carbonyl (C=O) groups is 1. The molecule has 1 fully saturated rings. The maximum Gasteiger partial charge on any atom is 0.248 e. The standard InChI is InChI=1S/C19H25N3O4S/c1-12-7-8-13(2)16(11-12)27(24,25)19(9-5-6-10-19)18(23)20-14(3)17-21-15(4)22-26-17/h7-8,11,14H,5-6,9-10H2,1-4H3,(H,20,23). The summed E-state index contributed by atoms with van der Waals surface area (Å²) in [5, 5.41) is 6.51. The normalized spacial score (nSPS) is 17.6. The Morgan fingerprint density at radius 1 is 1.22 bits per heavy atom. The second kappa shape index (κ2) is 7.07. The molecule has 8 heteroatoms. The van der Waals surface area contributed by atoms with Gasteiger partial charge in [0.2, 0.25) is 11.8 Å². The summed E-state index contributed by atoms with van der Waals surface area (Å²) >= 11 is 0. The predicted molar refractivity (Wildman–Crippen MR) is 99.9 cm³/mol. The highest BCUT2D eigenvalue weighted by atomic mass is 32.2. The molecule has 0 aliphatic heterocycles. The van der Waals surface area contributed by atoms with Gasteiger partial charge in [0, 0.05) is 0 Å². The highest BCUT2D eigenvalue weighted by molar-refractivity contribution is 7.93. The van der Waals surface area contributed by atoms with Crippen molar-refractivity contribution < 1.29 is 17.7 Å². The van der Waals surface area contributed by atoms with E-state index in [2.05, 4.69) is 15.5 Å². The van der Waals surface area contributed by atoms with Crippen LogP contribution in [0.2, 0.25) is 0 Å². The summed E-state index contributed by atoms with van der Waals surface area (Å²) < 4.78 is 30.8. The van der Waals surface area contributed by atoms with E-state index in [4.69, 9.17) is 4.52 Å². The number of hydrogen-bond acceptors (Lipinski definition) is 6. The zero-order valence-electron chi connectivity index (χ0n) is 16.1. The van der Waals surface area contributed by atoms with Gasteiger partial charge in [-0.1, -0.05) is 30.1 Å². The van der Waals surface area contributed by atoms with Gasteiger partial charge in [0.15, 0.2) is 20.4 Å². The number of nitrogens with zero attached hydrogens (tertiary/aromatic N) is 2. The van der Waals surface area contributed by atoms with E-state index in [1.807, 2.05) is 13.0 Å². The lowest BCUT2D eigenvalue weighted by molar-refractivity contribution is -0.124. The van der Waals surface area contributed by atoms with Crippen molar-refractivity contribution in [1.29, 1.82) is 0 Å². The van der Waals surface area contributed by atoms with Gasteiger partial charge >= 0.3 is 0 Å². The van der Waals surface area contributed by atoms with Crippen LogP contribution in [0, 0.1) is 20.8 Å². The van der Waals surface area contributed by atoms with E-state index >= 15 is 0 Å². The van der Waals surface area contributed by atoms with Crippen molar-refractivity contribution in [2.24, 2.45) is 0 Å². The zero-order chi connectivity index (χ0) is 19.8. The lowest BCUT2D eigenvalue weighted by atomic mass is 10.1. The molecular weight excluding hydrogens is 366 g/mol. The second-order valence-electron chi connectivity index (χ2n) is 7.35. The highest BCUT2D eigenvalue weighted by Crippen LogP contribution is 2.42. The Kier molecular flexibility index (Phi) is 5.12. The lowest BCUT2D eigenvalue weighted by Gasteiger charge is -2.29. The van der Waals surface area contributed by atoms with E-state index in [0.717, 1.165) is 5.56 Å². The highest BCUT2D eigenvalue weighted by Gasteiger charge is 2.53. The molecule has 2 aromatic rings. The molecule has 0 saturated heterocycles. The van der Waals surface area contributed by atoms with E-state index in [1.165, 1.54) is 0 Å². The number of nitrogens with one attached hydrogen (secondary N) is 1. The fraction of sp³-hybridized carbons (Fsp3) is 0.526. The van der Waals surface area contributed by atoms with Gasteiger partial charge in [-0.2, -0.15) is 4.98 Å². The zero-order valence-corrected chi connectivity index (χ0v) is 16.9. The summed E-state index contributed by atoms with van der Waals surface area (Å²) in [5.41, 5.74) is 1.50. The van der Waals surface area contributed by atoms with Crippen molar-refractivity contribution in [2.45, 2.75) is 69.1 Å². The van der Waals surface area contributed by atoms with Crippen LogP contribution in [0.15, 0.2) is 27.6 Å². The molecule has 1 heterocycles.